The summed E-state index contributed by atoms with van der Waals surface area (Å²) in [6, 6.07) is 0. The van der Waals surface area contributed by atoms with Gasteiger partial charge in [-0.15, -0.1) is 0 Å². The van der Waals surface area contributed by atoms with Crippen LogP contribution in [0.1, 0.15) is 26.5 Å². The minimum absolute atomic E-state index is 0.261. The number of anilines is 2. The van der Waals surface area contributed by atoms with Crippen molar-refractivity contribution in [2.24, 2.45) is 7.05 Å². The lowest BCUT2D eigenvalue weighted by Gasteiger charge is -2.10. The number of aryl methyl sites for hydroxylation is 2. The molecule has 5 nitrogen and oxygen atoms in total. The molecular formula is C11H22N4O. The first kappa shape index (κ1) is 12.8. The highest BCUT2D eigenvalue weighted by molar-refractivity contribution is 5.64. The Balaban J connectivity index is 2.50. The van der Waals surface area contributed by atoms with Gasteiger partial charge in [0, 0.05) is 13.6 Å². The predicted molar refractivity (Wildman–Crippen MR) is 66.6 cm³/mol. The van der Waals surface area contributed by atoms with Gasteiger partial charge in [0.25, 0.3) is 0 Å². The summed E-state index contributed by atoms with van der Waals surface area (Å²) in [7, 11) is 1.89. The molecule has 0 saturated carbocycles. The highest BCUT2D eigenvalue weighted by Gasteiger charge is 2.10. The van der Waals surface area contributed by atoms with Gasteiger partial charge in [-0.1, -0.05) is 6.92 Å². The number of nitrogens with one attached hydrogen (secondary N) is 1. The zero-order valence-corrected chi connectivity index (χ0v) is 10.6. The zero-order chi connectivity index (χ0) is 12.1. The van der Waals surface area contributed by atoms with E-state index < -0.39 is 0 Å². The largest absolute Gasteiger partial charge is 0.394 e. The van der Waals surface area contributed by atoms with Gasteiger partial charge in [-0.25, -0.2) is 0 Å². The van der Waals surface area contributed by atoms with Crippen LogP contribution in [0.3, 0.4) is 0 Å². The van der Waals surface area contributed by atoms with Crippen molar-refractivity contribution in [2.75, 3.05) is 24.2 Å². The number of nitrogens with zero attached hydrogens (tertiary/aromatic N) is 2. The summed E-state index contributed by atoms with van der Waals surface area (Å²) < 4.78 is 7.22. The molecule has 5 heteroatoms. The van der Waals surface area contributed by atoms with Crippen LogP contribution in [0.5, 0.6) is 0 Å². The molecule has 16 heavy (non-hydrogen) atoms. The van der Waals surface area contributed by atoms with Gasteiger partial charge < -0.3 is 15.8 Å². The summed E-state index contributed by atoms with van der Waals surface area (Å²) >= 11 is 0. The molecule has 0 spiro atoms. The van der Waals surface area contributed by atoms with Crippen LogP contribution < -0.4 is 11.1 Å². The second-order valence-corrected chi connectivity index (χ2v) is 4.03. The van der Waals surface area contributed by atoms with Crippen LogP contribution in [0.2, 0.25) is 0 Å². The van der Waals surface area contributed by atoms with Crippen LogP contribution in [0.25, 0.3) is 0 Å². The predicted octanol–water partition coefficient (Wildman–Crippen LogP) is 1.40. The third kappa shape index (κ3) is 3.13. The summed E-state index contributed by atoms with van der Waals surface area (Å²) in [6.45, 7) is 7.50. The molecule has 0 aromatic carbocycles. The first-order chi connectivity index (χ1) is 7.56. The molecule has 0 amide bonds. The van der Waals surface area contributed by atoms with Gasteiger partial charge in [-0.3, -0.25) is 4.68 Å². The van der Waals surface area contributed by atoms with Crippen LogP contribution in [0.4, 0.5) is 11.5 Å². The minimum Gasteiger partial charge on any atom is -0.394 e. The number of aromatic nitrogens is 2. The van der Waals surface area contributed by atoms with E-state index in [0.717, 1.165) is 30.2 Å². The molecule has 0 bridgehead atoms. The van der Waals surface area contributed by atoms with Crippen molar-refractivity contribution in [2.45, 2.75) is 33.3 Å². The molecule has 1 aromatic heterocycles. The Kier molecular flexibility index (Phi) is 4.61. The molecule has 1 heterocycles. The van der Waals surface area contributed by atoms with Crippen molar-refractivity contribution in [3.8, 4) is 0 Å². The molecule has 92 valence electrons. The van der Waals surface area contributed by atoms with E-state index in [0.29, 0.717) is 6.61 Å². The molecule has 0 unspecified atom stereocenters. The molecule has 0 fully saturated rings. The Bertz CT molecular complexity index is 333. The number of ether oxygens (including phenoxy) is 1. The Morgan fingerprint density at radius 2 is 2.19 bits per heavy atom. The van der Waals surface area contributed by atoms with Gasteiger partial charge >= 0.3 is 0 Å². The van der Waals surface area contributed by atoms with Crippen molar-refractivity contribution < 1.29 is 4.74 Å². The average Bonchev–Trinajstić information content (AvgIpc) is 2.50. The SMILES string of the molecule is CCc1nn(C)c(NCCOC(C)C)c1N. The highest BCUT2D eigenvalue weighted by atomic mass is 16.5. The number of hydrogen-bond donors (Lipinski definition) is 2. The van der Waals surface area contributed by atoms with E-state index in [4.69, 9.17) is 10.5 Å². The standard InChI is InChI=1S/C11H22N4O/c1-5-9-10(12)11(15(4)14-9)13-6-7-16-8(2)3/h8,13H,5-7,12H2,1-4H3. The van der Waals surface area contributed by atoms with Crippen LogP contribution >= 0.6 is 0 Å². The van der Waals surface area contributed by atoms with Crippen LogP contribution in [-0.2, 0) is 18.2 Å². The molecular weight excluding hydrogens is 204 g/mol. The van der Waals surface area contributed by atoms with E-state index in [-0.39, 0.29) is 6.10 Å². The number of rotatable bonds is 6. The summed E-state index contributed by atoms with van der Waals surface area (Å²) in [5.74, 6) is 0.879. The van der Waals surface area contributed by atoms with Crippen LogP contribution in [0, 0.1) is 0 Å². The Hall–Kier alpha value is -1.23. The van der Waals surface area contributed by atoms with E-state index in [1.54, 1.807) is 4.68 Å². The molecule has 0 aliphatic carbocycles. The third-order valence-corrected chi connectivity index (χ3v) is 2.34. The lowest BCUT2D eigenvalue weighted by atomic mass is 10.3. The van der Waals surface area contributed by atoms with Crippen molar-refractivity contribution in [3.05, 3.63) is 5.69 Å². The molecule has 0 saturated heterocycles. The average molecular weight is 226 g/mol. The van der Waals surface area contributed by atoms with Gasteiger partial charge in [-0.05, 0) is 20.3 Å². The van der Waals surface area contributed by atoms with Crippen molar-refractivity contribution >= 4 is 11.5 Å². The van der Waals surface area contributed by atoms with E-state index in [2.05, 4.69) is 10.4 Å². The Labute approximate surface area is 97.0 Å². The minimum atomic E-state index is 0.261. The lowest BCUT2D eigenvalue weighted by Crippen LogP contribution is -2.15. The summed E-state index contributed by atoms with van der Waals surface area (Å²) in [6.07, 6.45) is 1.11. The monoisotopic (exact) mass is 226 g/mol. The molecule has 0 aliphatic heterocycles. The van der Waals surface area contributed by atoms with Crippen molar-refractivity contribution in [1.29, 1.82) is 0 Å². The fraction of sp³-hybridized carbons (Fsp3) is 0.727. The maximum absolute atomic E-state index is 5.97. The van der Waals surface area contributed by atoms with E-state index >= 15 is 0 Å². The topological polar surface area (TPSA) is 65.1 Å². The summed E-state index contributed by atoms with van der Waals surface area (Å²) in [4.78, 5) is 0. The van der Waals surface area contributed by atoms with E-state index in [1.807, 2.05) is 27.8 Å². The third-order valence-electron chi connectivity index (χ3n) is 2.34. The maximum atomic E-state index is 5.97. The lowest BCUT2D eigenvalue weighted by molar-refractivity contribution is 0.0870. The fourth-order valence-corrected chi connectivity index (χ4v) is 1.53. The Morgan fingerprint density at radius 3 is 2.69 bits per heavy atom. The molecule has 0 aliphatic rings. The quantitative estimate of drug-likeness (QED) is 0.720. The van der Waals surface area contributed by atoms with Gasteiger partial charge in [0.2, 0.25) is 0 Å². The number of nitrogen functional groups attached to an aromatic ring is 1. The highest BCUT2D eigenvalue weighted by Crippen LogP contribution is 2.21. The van der Waals surface area contributed by atoms with Crippen molar-refractivity contribution in [1.82, 2.24) is 9.78 Å². The van der Waals surface area contributed by atoms with Crippen LogP contribution in [0.15, 0.2) is 0 Å². The molecule has 3 N–H and O–H groups in total. The zero-order valence-electron chi connectivity index (χ0n) is 10.6. The number of hydrogen-bond acceptors (Lipinski definition) is 4. The smallest absolute Gasteiger partial charge is 0.147 e. The summed E-state index contributed by atoms with van der Waals surface area (Å²) in [5, 5.41) is 7.57. The second kappa shape index (κ2) is 5.75. The Morgan fingerprint density at radius 1 is 1.50 bits per heavy atom. The summed E-state index contributed by atoms with van der Waals surface area (Å²) in [5.41, 5.74) is 7.65. The van der Waals surface area contributed by atoms with Gasteiger partial charge in [-0.2, -0.15) is 5.10 Å². The van der Waals surface area contributed by atoms with Gasteiger partial charge in [0.15, 0.2) is 0 Å². The normalized spacial score (nSPS) is 11.1. The van der Waals surface area contributed by atoms with E-state index in [9.17, 15) is 0 Å². The maximum Gasteiger partial charge on any atom is 0.147 e. The second-order valence-electron chi connectivity index (χ2n) is 4.03. The first-order valence-corrected chi connectivity index (χ1v) is 5.73. The van der Waals surface area contributed by atoms with E-state index in [1.165, 1.54) is 0 Å². The van der Waals surface area contributed by atoms with Gasteiger partial charge in [0.05, 0.1) is 24.1 Å². The first-order valence-electron chi connectivity index (χ1n) is 5.73. The van der Waals surface area contributed by atoms with Crippen molar-refractivity contribution in [3.63, 3.8) is 0 Å². The molecule has 1 aromatic rings. The molecule has 1 rings (SSSR count). The van der Waals surface area contributed by atoms with Gasteiger partial charge in [0.1, 0.15) is 5.82 Å². The fourth-order valence-electron chi connectivity index (χ4n) is 1.53. The van der Waals surface area contributed by atoms with Crippen LogP contribution in [-0.4, -0.2) is 29.0 Å². The molecule has 0 radical (unpaired) electrons. The molecule has 0 atom stereocenters. The number of nitrogens with two attached hydrogens (primary N) is 1.